The van der Waals surface area contributed by atoms with Crippen molar-refractivity contribution in [2.45, 2.75) is 32.8 Å². The Kier molecular flexibility index (Phi) is 5.78. The summed E-state index contributed by atoms with van der Waals surface area (Å²) in [6.45, 7) is 6.71. The van der Waals surface area contributed by atoms with E-state index in [9.17, 15) is 4.79 Å². The SMILES string of the molecule is CC(C)(C)c1ccc(C(=O)OCc2ccc(C#Cc3ccccc3)s2)cc1. The van der Waals surface area contributed by atoms with Crippen LogP contribution in [0.15, 0.2) is 66.7 Å². The van der Waals surface area contributed by atoms with Crippen molar-refractivity contribution in [2.75, 3.05) is 0 Å². The third-order valence-corrected chi connectivity index (χ3v) is 5.07. The summed E-state index contributed by atoms with van der Waals surface area (Å²) in [4.78, 5) is 14.2. The quantitative estimate of drug-likeness (QED) is 0.428. The van der Waals surface area contributed by atoms with Crippen LogP contribution in [0.2, 0.25) is 0 Å². The van der Waals surface area contributed by atoms with Gasteiger partial charge >= 0.3 is 5.97 Å². The van der Waals surface area contributed by atoms with Gasteiger partial charge in [0.1, 0.15) is 6.61 Å². The van der Waals surface area contributed by atoms with Crippen molar-refractivity contribution in [1.29, 1.82) is 0 Å². The van der Waals surface area contributed by atoms with Gasteiger partial charge in [0.05, 0.1) is 10.4 Å². The third-order valence-electron chi connectivity index (χ3n) is 4.10. The highest BCUT2D eigenvalue weighted by atomic mass is 32.1. The second-order valence-corrected chi connectivity index (χ2v) is 8.45. The molecule has 27 heavy (non-hydrogen) atoms. The zero-order valence-corrected chi connectivity index (χ0v) is 16.6. The Labute approximate surface area is 164 Å². The molecular formula is C24H22O2S. The average molecular weight is 375 g/mol. The Morgan fingerprint density at radius 2 is 1.63 bits per heavy atom. The van der Waals surface area contributed by atoms with Gasteiger partial charge in [-0.1, -0.05) is 62.9 Å². The van der Waals surface area contributed by atoms with E-state index >= 15 is 0 Å². The summed E-state index contributed by atoms with van der Waals surface area (Å²) in [7, 11) is 0. The van der Waals surface area contributed by atoms with Gasteiger partial charge in [-0.05, 0) is 47.4 Å². The molecule has 0 aliphatic carbocycles. The lowest BCUT2D eigenvalue weighted by Gasteiger charge is -2.18. The summed E-state index contributed by atoms with van der Waals surface area (Å²) in [5, 5.41) is 0. The number of carbonyl (C=O) groups is 1. The molecule has 0 unspecified atom stereocenters. The molecule has 1 heterocycles. The predicted octanol–water partition coefficient (Wildman–Crippen LogP) is 5.80. The largest absolute Gasteiger partial charge is 0.456 e. The second kappa shape index (κ2) is 8.24. The molecule has 0 aliphatic heterocycles. The van der Waals surface area contributed by atoms with Crippen LogP contribution in [0, 0.1) is 11.8 Å². The predicted molar refractivity (Wildman–Crippen MR) is 111 cm³/mol. The molecule has 1 aromatic heterocycles. The summed E-state index contributed by atoms with van der Waals surface area (Å²) in [5.41, 5.74) is 2.82. The first-order valence-corrected chi connectivity index (χ1v) is 9.67. The molecule has 0 saturated heterocycles. The number of carbonyl (C=O) groups excluding carboxylic acids is 1. The first kappa shape index (κ1) is 18.9. The maximum atomic E-state index is 12.3. The molecular weight excluding hydrogens is 352 g/mol. The van der Waals surface area contributed by atoms with E-state index in [4.69, 9.17) is 4.74 Å². The molecule has 3 heteroatoms. The summed E-state index contributed by atoms with van der Waals surface area (Å²) in [5.74, 6) is 5.98. The summed E-state index contributed by atoms with van der Waals surface area (Å²) in [6.07, 6.45) is 0. The van der Waals surface area contributed by atoms with Gasteiger partial charge in [0.25, 0.3) is 0 Å². The van der Waals surface area contributed by atoms with Crippen molar-refractivity contribution in [3.8, 4) is 11.8 Å². The molecule has 0 atom stereocenters. The van der Waals surface area contributed by atoms with E-state index in [0.29, 0.717) is 5.56 Å². The molecule has 3 rings (SSSR count). The Balaban J connectivity index is 1.58. The molecule has 0 radical (unpaired) electrons. The average Bonchev–Trinajstić information content (AvgIpc) is 3.12. The molecule has 136 valence electrons. The number of thiophene rings is 1. The van der Waals surface area contributed by atoms with E-state index in [-0.39, 0.29) is 18.0 Å². The first-order valence-electron chi connectivity index (χ1n) is 8.85. The minimum Gasteiger partial charge on any atom is -0.456 e. The lowest BCUT2D eigenvalue weighted by atomic mass is 9.87. The van der Waals surface area contributed by atoms with Crippen LogP contribution < -0.4 is 0 Å². The number of hydrogen-bond donors (Lipinski definition) is 0. The number of rotatable bonds is 3. The van der Waals surface area contributed by atoms with E-state index in [1.807, 2.05) is 66.7 Å². The van der Waals surface area contributed by atoms with Crippen molar-refractivity contribution in [3.05, 3.63) is 93.2 Å². The fraction of sp³-hybridized carbons (Fsp3) is 0.208. The van der Waals surface area contributed by atoms with Gasteiger partial charge in [-0.3, -0.25) is 0 Å². The van der Waals surface area contributed by atoms with E-state index in [0.717, 1.165) is 15.3 Å². The van der Waals surface area contributed by atoms with Crippen molar-refractivity contribution >= 4 is 17.3 Å². The van der Waals surface area contributed by atoms with Gasteiger partial charge < -0.3 is 4.74 Å². The lowest BCUT2D eigenvalue weighted by Crippen LogP contribution is -2.11. The highest BCUT2D eigenvalue weighted by Gasteiger charge is 2.15. The van der Waals surface area contributed by atoms with Gasteiger partial charge in [-0.15, -0.1) is 11.3 Å². The molecule has 0 saturated carbocycles. The lowest BCUT2D eigenvalue weighted by molar-refractivity contribution is 0.0476. The number of esters is 1. The Bertz CT molecular complexity index is 965. The van der Waals surface area contributed by atoms with Crippen molar-refractivity contribution in [2.24, 2.45) is 0 Å². The Hall–Kier alpha value is -2.83. The molecule has 0 fully saturated rings. The van der Waals surface area contributed by atoms with Crippen LogP contribution in [0.3, 0.4) is 0 Å². The maximum absolute atomic E-state index is 12.3. The molecule has 0 aliphatic rings. The summed E-state index contributed by atoms with van der Waals surface area (Å²) in [6, 6.07) is 21.4. The number of hydrogen-bond acceptors (Lipinski definition) is 3. The van der Waals surface area contributed by atoms with Crippen LogP contribution in [-0.2, 0) is 16.8 Å². The van der Waals surface area contributed by atoms with Crippen LogP contribution >= 0.6 is 11.3 Å². The summed E-state index contributed by atoms with van der Waals surface area (Å²) >= 11 is 1.54. The Morgan fingerprint density at radius 1 is 0.926 bits per heavy atom. The van der Waals surface area contributed by atoms with Crippen LogP contribution in [0.25, 0.3) is 0 Å². The fourth-order valence-corrected chi connectivity index (χ4v) is 3.28. The Morgan fingerprint density at radius 3 is 2.30 bits per heavy atom. The minimum atomic E-state index is -0.305. The van der Waals surface area contributed by atoms with Gasteiger partial charge in [0.2, 0.25) is 0 Å². The zero-order valence-electron chi connectivity index (χ0n) is 15.8. The minimum absolute atomic E-state index is 0.0661. The maximum Gasteiger partial charge on any atom is 0.338 e. The van der Waals surface area contributed by atoms with Crippen LogP contribution in [0.5, 0.6) is 0 Å². The second-order valence-electron chi connectivity index (χ2n) is 7.29. The molecule has 0 N–H and O–H groups in total. The van der Waals surface area contributed by atoms with Gasteiger partial charge in [0.15, 0.2) is 0 Å². The standard InChI is InChI=1S/C24H22O2S/c1-24(2,3)20-12-10-19(11-13-20)23(25)26-17-22-16-15-21(27-22)14-9-18-7-5-4-6-8-18/h4-8,10-13,15-16H,17H2,1-3H3. The van der Waals surface area contributed by atoms with Crippen molar-refractivity contribution < 1.29 is 9.53 Å². The number of benzene rings is 2. The first-order chi connectivity index (χ1) is 12.9. The molecule has 0 spiro atoms. The highest BCUT2D eigenvalue weighted by Crippen LogP contribution is 2.23. The summed E-state index contributed by atoms with van der Waals surface area (Å²) < 4.78 is 5.44. The fourth-order valence-electron chi connectivity index (χ4n) is 2.50. The molecule has 2 nitrogen and oxygen atoms in total. The van der Waals surface area contributed by atoms with Gasteiger partial charge in [0, 0.05) is 10.4 Å². The monoisotopic (exact) mass is 374 g/mol. The van der Waals surface area contributed by atoms with E-state index < -0.39 is 0 Å². The van der Waals surface area contributed by atoms with E-state index in [1.165, 1.54) is 5.56 Å². The molecule has 0 bridgehead atoms. The van der Waals surface area contributed by atoms with Gasteiger partial charge in [-0.2, -0.15) is 0 Å². The van der Waals surface area contributed by atoms with E-state index in [2.05, 4.69) is 32.6 Å². The van der Waals surface area contributed by atoms with Crippen LogP contribution in [0.1, 0.15) is 52.0 Å². The van der Waals surface area contributed by atoms with Crippen LogP contribution in [0.4, 0.5) is 0 Å². The smallest absolute Gasteiger partial charge is 0.338 e. The molecule has 0 amide bonds. The van der Waals surface area contributed by atoms with Crippen molar-refractivity contribution in [3.63, 3.8) is 0 Å². The topological polar surface area (TPSA) is 26.3 Å². The normalized spacial score (nSPS) is 10.8. The molecule has 3 aromatic rings. The van der Waals surface area contributed by atoms with Crippen molar-refractivity contribution in [1.82, 2.24) is 0 Å². The van der Waals surface area contributed by atoms with Crippen LogP contribution in [-0.4, -0.2) is 5.97 Å². The van der Waals surface area contributed by atoms with E-state index in [1.54, 1.807) is 11.3 Å². The third kappa shape index (κ3) is 5.32. The van der Waals surface area contributed by atoms with Gasteiger partial charge in [-0.25, -0.2) is 4.79 Å². The highest BCUT2D eigenvalue weighted by molar-refractivity contribution is 7.12. The molecule has 2 aromatic carbocycles. The number of ether oxygens (including phenoxy) is 1. The zero-order chi connectivity index (χ0) is 19.3.